The molecule has 0 saturated carbocycles. The average Bonchev–Trinajstić information content (AvgIpc) is 2.99. The van der Waals surface area contributed by atoms with Gasteiger partial charge in [0, 0.05) is 5.02 Å². The van der Waals surface area contributed by atoms with E-state index in [4.69, 9.17) is 23.2 Å². The molecule has 5 nitrogen and oxygen atoms in total. The lowest BCUT2D eigenvalue weighted by molar-refractivity contribution is -0.115. The summed E-state index contributed by atoms with van der Waals surface area (Å²) in [7, 11) is 0. The predicted octanol–water partition coefficient (Wildman–Crippen LogP) is 5.06. The van der Waals surface area contributed by atoms with E-state index in [-0.39, 0.29) is 22.3 Å². The maximum absolute atomic E-state index is 12.8. The molecule has 1 fully saturated rings. The van der Waals surface area contributed by atoms with Crippen molar-refractivity contribution in [3.05, 3.63) is 68.2 Å². The Labute approximate surface area is 176 Å². The summed E-state index contributed by atoms with van der Waals surface area (Å²) in [5, 5.41) is 13.2. The first kappa shape index (κ1) is 20.3. The normalized spacial score (nSPS) is 15.4. The molecule has 1 aliphatic rings. The summed E-state index contributed by atoms with van der Waals surface area (Å²) in [4.78, 5) is 26.7. The number of halogens is 2. The molecule has 8 heteroatoms. The van der Waals surface area contributed by atoms with Crippen molar-refractivity contribution in [2.24, 2.45) is 0 Å². The summed E-state index contributed by atoms with van der Waals surface area (Å²) >= 11 is 13.1. The molecule has 142 valence electrons. The Morgan fingerprint density at radius 3 is 2.61 bits per heavy atom. The second-order valence-corrected chi connectivity index (χ2v) is 7.99. The number of hydrogen-bond donors (Lipinski definition) is 1. The zero-order valence-corrected chi connectivity index (χ0v) is 17.4. The highest BCUT2D eigenvalue weighted by molar-refractivity contribution is 8.04. The van der Waals surface area contributed by atoms with Crippen LogP contribution in [0.4, 0.5) is 11.4 Å². The summed E-state index contributed by atoms with van der Waals surface area (Å²) in [5.41, 5.74) is 2.77. The van der Waals surface area contributed by atoms with Crippen molar-refractivity contribution in [1.82, 2.24) is 0 Å². The lowest BCUT2D eigenvalue weighted by Gasteiger charge is -2.21. The van der Waals surface area contributed by atoms with Crippen LogP contribution >= 0.6 is 35.0 Å². The van der Waals surface area contributed by atoms with E-state index in [1.165, 1.54) is 11.0 Å². The van der Waals surface area contributed by atoms with E-state index in [1.54, 1.807) is 12.1 Å². The van der Waals surface area contributed by atoms with Gasteiger partial charge in [-0.1, -0.05) is 52.7 Å². The van der Waals surface area contributed by atoms with Gasteiger partial charge in [0.05, 0.1) is 22.2 Å². The third kappa shape index (κ3) is 4.02. The van der Waals surface area contributed by atoms with E-state index in [0.29, 0.717) is 21.4 Å². The Kier molecular flexibility index (Phi) is 5.99. The third-order valence-electron chi connectivity index (χ3n) is 4.11. The van der Waals surface area contributed by atoms with Crippen molar-refractivity contribution >= 4 is 58.2 Å². The number of thioether (sulfide) groups is 1. The van der Waals surface area contributed by atoms with Crippen LogP contribution in [0.5, 0.6) is 0 Å². The fourth-order valence-corrected chi connectivity index (χ4v) is 4.28. The second kappa shape index (κ2) is 8.27. The molecule has 0 atom stereocenters. The van der Waals surface area contributed by atoms with Crippen molar-refractivity contribution in [3.63, 3.8) is 0 Å². The molecule has 1 aliphatic heterocycles. The van der Waals surface area contributed by atoms with Crippen LogP contribution in [-0.4, -0.2) is 17.6 Å². The minimum absolute atomic E-state index is 0.151. The topological polar surface area (TPSA) is 73.2 Å². The van der Waals surface area contributed by atoms with E-state index in [0.717, 1.165) is 22.9 Å². The molecule has 3 rings (SSSR count). The van der Waals surface area contributed by atoms with Crippen molar-refractivity contribution in [3.8, 4) is 6.07 Å². The third-order valence-corrected chi connectivity index (χ3v) is 5.71. The molecule has 1 heterocycles. The number of nitrogens with one attached hydrogen (secondary N) is 1. The van der Waals surface area contributed by atoms with E-state index in [9.17, 15) is 14.9 Å². The lowest BCUT2D eigenvalue weighted by Crippen LogP contribution is -2.27. The van der Waals surface area contributed by atoms with Crippen LogP contribution < -0.4 is 10.2 Å². The summed E-state index contributed by atoms with van der Waals surface area (Å²) < 4.78 is 0. The highest BCUT2D eigenvalue weighted by atomic mass is 35.5. The van der Waals surface area contributed by atoms with E-state index in [2.05, 4.69) is 5.32 Å². The van der Waals surface area contributed by atoms with Gasteiger partial charge in [0.1, 0.15) is 16.7 Å². The van der Waals surface area contributed by atoms with Crippen molar-refractivity contribution in [2.75, 3.05) is 16.0 Å². The van der Waals surface area contributed by atoms with Crippen LogP contribution in [0, 0.1) is 25.2 Å². The lowest BCUT2D eigenvalue weighted by atomic mass is 10.1. The Morgan fingerprint density at radius 2 is 1.96 bits per heavy atom. The molecule has 2 aromatic rings. The standard InChI is InChI=1S/C20H15Cl2N3O2S/c1-11-3-6-17(12(2)7-11)25-18(26)10-28-20(25)14(9-23)19(27)24-16-5-4-13(21)8-15(16)22/h3-8H,10H2,1-2H3,(H,24,27). The number of benzene rings is 2. The molecule has 0 aliphatic carbocycles. The molecule has 2 amide bonds. The van der Waals surface area contributed by atoms with E-state index >= 15 is 0 Å². The van der Waals surface area contributed by atoms with Gasteiger partial charge in [-0.05, 0) is 43.7 Å². The van der Waals surface area contributed by atoms with Gasteiger partial charge in [-0.2, -0.15) is 5.26 Å². The van der Waals surface area contributed by atoms with Crippen molar-refractivity contribution in [1.29, 1.82) is 5.26 Å². The first-order chi connectivity index (χ1) is 13.3. The minimum Gasteiger partial charge on any atom is -0.320 e. The van der Waals surface area contributed by atoms with Gasteiger partial charge in [0.2, 0.25) is 5.91 Å². The van der Waals surface area contributed by atoms with Crippen LogP contribution in [0.2, 0.25) is 10.0 Å². The fraction of sp³-hybridized carbons (Fsp3) is 0.150. The molecule has 28 heavy (non-hydrogen) atoms. The summed E-state index contributed by atoms with van der Waals surface area (Å²) in [6.07, 6.45) is 0. The Hall–Kier alpha value is -2.46. The number of hydrogen-bond acceptors (Lipinski definition) is 4. The number of aryl methyl sites for hydroxylation is 2. The van der Waals surface area contributed by atoms with Gasteiger partial charge < -0.3 is 5.32 Å². The minimum atomic E-state index is -0.640. The number of carbonyl (C=O) groups is 2. The second-order valence-electron chi connectivity index (χ2n) is 6.18. The number of rotatable bonds is 3. The molecular weight excluding hydrogens is 417 g/mol. The maximum atomic E-state index is 12.8. The summed E-state index contributed by atoms with van der Waals surface area (Å²) in [6.45, 7) is 3.84. The monoisotopic (exact) mass is 431 g/mol. The highest BCUT2D eigenvalue weighted by Gasteiger charge is 2.34. The highest BCUT2D eigenvalue weighted by Crippen LogP contribution is 2.38. The molecule has 1 saturated heterocycles. The molecule has 2 aromatic carbocycles. The number of nitriles is 1. The largest absolute Gasteiger partial charge is 0.320 e. The zero-order chi connectivity index (χ0) is 20.4. The van der Waals surface area contributed by atoms with Gasteiger partial charge >= 0.3 is 0 Å². The molecular formula is C20H15Cl2N3O2S. The smallest absolute Gasteiger partial charge is 0.269 e. The first-order valence-corrected chi connectivity index (χ1v) is 9.99. The van der Waals surface area contributed by atoms with E-state index < -0.39 is 5.91 Å². The first-order valence-electron chi connectivity index (χ1n) is 8.25. The average molecular weight is 432 g/mol. The van der Waals surface area contributed by atoms with Crippen molar-refractivity contribution in [2.45, 2.75) is 13.8 Å². The quantitative estimate of drug-likeness (QED) is 0.543. The van der Waals surface area contributed by atoms with Crippen molar-refractivity contribution < 1.29 is 9.59 Å². The Morgan fingerprint density at radius 1 is 1.21 bits per heavy atom. The van der Waals surface area contributed by atoms with Gasteiger partial charge in [0.15, 0.2) is 0 Å². The van der Waals surface area contributed by atoms with Crippen LogP contribution in [0.15, 0.2) is 47.0 Å². The summed E-state index contributed by atoms with van der Waals surface area (Å²) in [5.74, 6) is -0.668. The van der Waals surface area contributed by atoms with Gasteiger partial charge in [-0.25, -0.2) is 0 Å². The summed E-state index contributed by atoms with van der Waals surface area (Å²) in [6, 6.07) is 12.2. The zero-order valence-electron chi connectivity index (χ0n) is 15.0. The van der Waals surface area contributed by atoms with Gasteiger partial charge in [-0.15, -0.1) is 0 Å². The number of carbonyl (C=O) groups excluding carboxylic acids is 2. The molecule has 0 bridgehead atoms. The number of nitrogens with zero attached hydrogens (tertiary/aromatic N) is 2. The Balaban J connectivity index is 2.01. The molecule has 0 radical (unpaired) electrons. The van der Waals surface area contributed by atoms with Gasteiger partial charge in [0.25, 0.3) is 5.91 Å². The number of anilines is 2. The molecule has 0 spiro atoms. The van der Waals surface area contributed by atoms with Crippen LogP contribution in [0.25, 0.3) is 0 Å². The fourth-order valence-electron chi connectivity index (χ4n) is 2.83. The number of amides is 2. The predicted molar refractivity (Wildman–Crippen MR) is 114 cm³/mol. The molecule has 0 unspecified atom stereocenters. The van der Waals surface area contributed by atoms with Crippen LogP contribution in [0.1, 0.15) is 11.1 Å². The molecule has 1 N–H and O–H groups in total. The van der Waals surface area contributed by atoms with E-state index in [1.807, 2.05) is 38.1 Å². The van der Waals surface area contributed by atoms with Crippen LogP contribution in [0.3, 0.4) is 0 Å². The SMILES string of the molecule is Cc1ccc(N2C(=O)CSC2=C(C#N)C(=O)Nc2ccc(Cl)cc2Cl)c(C)c1. The van der Waals surface area contributed by atoms with Gasteiger partial charge in [-0.3, -0.25) is 14.5 Å². The maximum Gasteiger partial charge on any atom is 0.269 e. The Bertz CT molecular complexity index is 1060. The molecule has 0 aromatic heterocycles. The van der Waals surface area contributed by atoms with Crippen LogP contribution in [-0.2, 0) is 9.59 Å².